The summed E-state index contributed by atoms with van der Waals surface area (Å²) in [7, 11) is 0. The molecule has 2 saturated heterocycles. The maximum Gasteiger partial charge on any atom is 0.412 e. The summed E-state index contributed by atoms with van der Waals surface area (Å²) in [4.78, 5) is 27.9. The second-order valence-electron chi connectivity index (χ2n) is 9.87. The van der Waals surface area contributed by atoms with Crippen molar-refractivity contribution in [1.29, 1.82) is 0 Å². The molecule has 4 atom stereocenters. The lowest BCUT2D eigenvalue weighted by Gasteiger charge is -2.40. The quantitative estimate of drug-likeness (QED) is 0.647. The van der Waals surface area contributed by atoms with Gasteiger partial charge in [0.1, 0.15) is 0 Å². The van der Waals surface area contributed by atoms with Crippen LogP contribution in [-0.2, 0) is 22.3 Å². The number of nitrogens with zero attached hydrogens (tertiary/aromatic N) is 2. The van der Waals surface area contributed by atoms with Gasteiger partial charge in [-0.2, -0.15) is 0 Å². The summed E-state index contributed by atoms with van der Waals surface area (Å²) >= 11 is 0. The van der Waals surface area contributed by atoms with Crippen molar-refractivity contribution in [3.63, 3.8) is 0 Å². The van der Waals surface area contributed by atoms with Gasteiger partial charge < -0.3 is 19.7 Å². The fourth-order valence-electron chi connectivity index (χ4n) is 4.81. The summed E-state index contributed by atoms with van der Waals surface area (Å²) in [5.74, 6) is 0. The Morgan fingerprint density at radius 3 is 1.29 bits per heavy atom. The molecule has 0 aliphatic carbocycles. The number of cyclic esters (lactones) is 2. The summed E-state index contributed by atoms with van der Waals surface area (Å²) in [6.07, 6.45) is -0.714. The van der Waals surface area contributed by atoms with E-state index in [1.54, 1.807) is 13.8 Å². The molecule has 2 N–H and O–H groups in total. The average Bonchev–Trinajstić information content (AvgIpc) is 3.03. The molecule has 2 aromatic carbocycles. The third kappa shape index (κ3) is 3.91. The predicted octanol–water partition coefficient (Wildman–Crippen LogP) is 3.31. The first-order valence-electron chi connectivity index (χ1n) is 11.4. The average molecular weight is 469 g/mol. The van der Waals surface area contributed by atoms with Crippen molar-refractivity contribution in [1.82, 2.24) is 9.80 Å². The zero-order chi connectivity index (χ0) is 24.8. The molecule has 0 spiro atoms. The molecule has 182 valence electrons. The van der Waals surface area contributed by atoms with Crippen LogP contribution in [0.1, 0.15) is 38.8 Å². The lowest BCUT2D eigenvalue weighted by molar-refractivity contribution is -0.148. The topological polar surface area (TPSA) is 99.5 Å². The Labute approximate surface area is 199 Å². The lowest BCUT2D eigenvalue weighted by atomic mass is 9.86. The van der Waals surface area contributed by atoms with Crippen molar-refractivity contribution in [2.75, 3.05) is 13.1 Å². The van der Waals surface area contributed by atoms with E-state index in [4.69, 9.17) is 9.47 Å². The van der Waals surface area contributed by atoms with Crippen molar-refractivity contribution in [2.24, 2.45) is 0 Å². The molecule has 2 aliphatic rings. The zero-order valence-electron chi connectivity index (χ0n) is 20.0. The van der Waals surface area contributed by atoms with Gasteiger partial charge in [0.25, 0.3) is 0 Å². The van der Waals surface area contributed by atoms with Crippen LogP contribution in [0.15, 0.2) is 60.7 Å². The number of benzene rings is 2. The van der Waals surface area contributed by atoms with Gasteiger partial charge in [-0.15, -0.1) is 0 Å². The highest BCUT2D eigenvalue weighted by molar-refractivity contribution is 5.74. The molecular formula is C26H32N2O6. The number of aliphatic hydroxyl groups is 2. The van der Waals surface area contributed by atoms with Crippen molar-refractivity contribution in [3.8, 4) is 0 Å². The monoisotopic (exact) mass is 468 g/mol. The fourth-order valence-corrected chi connectivity index (χ4v) is 4.81. The molecule has 2 fully saturated rings. The van der Waals surface area contributed by atoms with E-state index >= 15 is 0 Å². The Hall–Kier alpha value is -3.10. The van der Waals surface area contributed by atoms with Crippen LogP contribution in [-0.4, -0.2) is 67.9 Å². The minimum atomic E-state index is -1.64. The molecule has 2 heterocycles. The number of carbonyl (C=O) groups is 2. The van der Waals surface area contributed by atoms with Crippen LogP contribution in [0.4, 0.5) is 9.59 Å². The summed E-state index contributed by atoms with van der Waals surface area (Å²) < 4.78 is 11.3. The molecule has 0 radical (unpaired) electrons. The molecule has 2 aromatic rings. The lowest BCUT2D eigenvalue weighted by Crippen LogP contribution is -2.60. The Morgan fingerprint density at radius 2 is 0.971 bits per heavy atom. The maximum absolute atomic E-state index is 12.8. The molecule has 2 amide bonds. The number of carbonyl (C=O) groups excluding carboxylic acids is 2. The number of hydrogen-bond acceptors (Lipinski definition) is 6. The van der Waals surface area contributed by atoms with Gasteiger partial charge in [0.2, 0.25) is 0 Å². The van der Waals surface area contributed by atoms with Crippen LogP contribution < -0.4 is 0 Å². The molecule has 0 aromatic heterocycles. The van der Waals surface area contributed by atoms with E-state index in [-0.39, 0.29) is 13.1 Å². The molecule has 8 nitrogen and oxygen atoms in total. The summed E-state index contributed by atoms with van der Waals surface area (Å²) in [5.41, 5.74) is -3.82. The van der Waals surface area contributed by atoms with E-state index in [0.29, 0.717) is 12.8 Å². The fraction of sp³-hybridized carbons (Fsp3) is 0.462. The largest absolute Gasteiger partial charge is 0.438 e. The van der Waals surface area contributed by atoms with Crippen LogP contribution in [0.25, 0.3) is 0 Å². The van der Waals surface area contributed by atoms with Gasteiger partial charge in [0.15, 0.2) is 22.7 Å². The molecule has 0 saturated carbocycles. The normalized spacial score (nSPS) is 33.2. The van der Waals surface area contributed by atoms with Gasteiger partial charge in [-0.25, -0.2) is 9.59 Å². The van der Waals surface area contributed by atoms with Gasteiger partial charge in [0, 0.05) is 25.9 Å². The van der Waals surface area contributed by atoms with E-state index in [1.807, 2.05) is 60.7 Å². The molecule has 0 unspecified atom stereocenters. The molecule has 34 heavy (non-hydrogen) atoms. The number of rotatable bonds is 7. The molecule has 2 aliphatic heterocycles. The maximum atomic E-state index is 12.8. The van der Waals surface area contributed by atoms with Crippen molar-refractivity contribution in [3.05, 3.63) is 71.8 Å². The second kappa shape index (κ2) is 8.29. The van der Waals surface area contributed by atoms with Crippen molar-refractivity contribution < 1.29 is 29.3 Å². The number of ether oxygens (including phenoxy) is 2. The first-order chi connectivity index (χ1) is 15.9. The van der Waals surface area contributed by atoms with Crippen LogP contribution >= 0.6 is 0 Å². The van der Waals surface area contributed by atoms with E-state index in [0.717, 1.165) is 11.1 Å². The first-order valence-corrected chi connectivity index (χ1v) is 11.4. The van der Waals surface area contributed by atoms with Gasteiger partial charge in [-0.3, -0.25) is 9.80 Å². The Morgan fingerprint density at radius 1 is 0.647 bits per heavy atom. The minimum Gasteiger partial charge on any atom is -0.438 e. The highest BCUT2D eigenvalue weighted by atomic mass is 16.6. The van der Waals surface area contributed by atoms with Gasteiger partial charge in [-0.05, 0) is 38.8 Å². The molecular weight excluding hydrogens is 436 g/mol. The Balaban J connectivity index is 1.49. The molecule has 8 heteroatoms. The predicted molar refractivity (Wildman–Crippen MR) is 125 cm³/mol. The number of amides is 2. The van der Waals surface area contributed by atoms with Crippen LogP contribution in [0.3, 0.4) is 0 Å². The Bertz CT molecular complexity index is 972. The highest BCUT2D eigenvalue weighted by Gasteiger charge is 2.61. The summed E-state index contributed by atoms with van der Waals surface area (Å²) in [6.45, 7) is 6.36. The smallest absolute Gasteiger partial charge is 0.412 e. The highest BCUT2D eigenvalue weighted by Crippen LogP contribution is 2.42. The van der Waals surface area contributed by atoms with Crippen molar-refractivity contribution >= 4 is 12.2 Å². The van der Waals surface area contributed by atoms with Crippen LogP contribution in [0.5, 0.6) is 0 Å². The van der Waals surface area contributed by atoms with Gasteiger partial charge in [0.05, 0.1) is 0 Å². The van der Waals surface area contributed by atoms with Crippen LogP contribution in [0.2, 0.25) is 0 Å². The zero-order valence-corrected chi connectivity index (χ0v) is 20.0. The van der Waals surface area contributed by atoms with E-state index < -0.39 is 34.8 Å². The summed E-state index contributed by atoms with van der Waals surface area (Å²) in [5, 5.41) is 22.7. The third-order valence-electron chi connectivity index (χ3n) is 7.44. The van der Waals surface area contributed by atoms with E-state index in [9.17, 15) is 19.8 Å². The first kappa shape index (κ1) is 24.0. The number of hydrogen-bond donors (Lipinski definition) is 2. The van der Waals surface area contributed by atoms with E-state index in [1.165, 1.54) is 23.6 Å². The standard InChI is InChI=1S/C26H32N2O6/c1-23(17-19-11-7-5-8-12-19)25(3,31)27(21(29)33-23)15-16-28-22(30)34-24(2,26(28,4)32)18-20-13-9-6-10-14-20/h5-14,31-32H,15-18H2,1-4H3/t23-,24-,25+,26+/m0/s1. The van der Waals surface area contributed by atoms with Gasteiger partial charge >= 0.3 is 12.2 Å². The van der Waals surface area contributed by atoms with Crippen molar-refractivity contribution in [2.45, 2.75) is 63.2 Å². The Kier molecular flexibility index (Phi) is 5.86. The molecule has 0 bridgehead atoms. The summed E-state index contributed by atoms with van der Waals surface area (Å²) in [6, 6.07) is 18.9. The van der Waals surface area contributed by atoms with Gasteiger partial charge in [-0.1, -0.05) is 60.7 Å². The van der Waals surface area contributed by atoms with E-state index in [2.05, 4.69) is 0 Å². The SMILES string of the molecule is C[C@]1(O)N(CCN2C(=O)O[C@@](C)(Cc3ccccc3)[C@@]2(C)O)C(=O)O[C@@]1(C)Cc1ccccc1. The second-order valence-corrected chi connectivity index (χ2v) is 9.87. The van der Waals surface area contributed by atoms with Crippen LogP contribution in [0, 0.1) is 0 Å². The molecule has 4 rings (SSSR count). The third-order valence-corrected chi connectivity index (χ3v) is 7.44. The minimum absolute atomic E-state index is 0.0388.